The fourth-order valence-corrected chi connectivity index (χ4v) is 2.55. The third-order valence-corrected chi connectivity index (χ3v) is 3.46. The summed E-state index contributed by atoms with van der Waals surface area (Å²) in [5, 5.41) is 0. The topological polar surface area (TPSA) is 26.3 Å². The van der Waals surface area contributed by atoms with Crippen molar-refractivity contribution in [1.29, 1.82) is 0 Å². The predicted molar refractivity (Wildman–Crippen MR) is 89.8 cm³/mol. The lowest BCUT2D eigenvalue weighted by Crippen LogP contribution is -2.24. The zero-order valence-corrected chi connectivity index (χ0v) is 13.6. The molecule has 0 amide bonds. The van der Waals surface area contributed by atoms with Crippen molar-refractivity contribution in [2.24, 2.45) is 0 Å². The Kier molecular flexibility index (Phi) is 5.37. The Labute approximate surface area is 133 Å². The molecule has 0 fully saturated rings. The highest BCUT2D eigenvalue weighted by molar-refractivity contribution is 5.70. The summed E-state index contributed by atoms with van der Waals surface area (Å²) >= 11 is 0. The minimum absolute atomic E-state index is 0.135. The molecule has 0 radical (unpaired) electrons. The van der Waals surface area contributed by atoms with Crippen molar-refractivity contribution in [3.63, 3.8) is 0 Å². The van der Waals surface area contributed by atoms with Crippen LogP contribution >= 0.6 is 0 Å². The summed E-state index contributed by atoms with van der Waals surface area (Å²) in [5.74, 6) is 0.0827. The van der Waals surface area contributed by atoms with E-state index in [0.717, 1.165) is 6.42 Å². The monoisotopic (exact) mass is 296 g/mol. The minimum atomic E-state index is -0.425. The van der Waals surface area contributed by atoms with Crippen LogP contribution in [0.5, 0.6) is 0 Å². The molecule has 2 aromatic carbocycles. The fraction of sp³-hybridized carbons (Fsp3) is 0.350. The van der Waals surface area contributed by atoms with Crippen LogP contribution in [0.2, 0.25) is 0 Å². The van der Waals surface area contributed by atoms with Crippen molar-refractivity contribution in [3.05, 3.63) is 71.8 Å². The molecule has 0 aliphatic rings. The van der Waals surface area contributed by atoms with Crippen LogP contribution in [0.15, 0.2) is 60.7 Å². The van der Waals surface area contributed by atoms with E-state index in [-0.39, 0.29) is 11.9 Å². The van der Waals surface area contributed by atoms with Gasteiger partial charge in [-0.2, -0.15) is 0 Å². The summed E-state index contributed by atoms with van der Waals surface area (Å²) in [6.07, 6.45) is 1.18. The van der Waals surface area contributed by atoms with Crippen LogP contribution in [0.25, 0.3) is 0 Å². The number of esters is 1. The van der Waals surface area contributed by atoms with Gasteiger partial charge in [-0.15, -0.1) is 0 Å². The summed E-state index contributed by atoms with van der Waals surface area (Å²) in [4.78, 5) is 12.0. The van der Waals surface area contributed by atoms with Gasteiger partial charge >= 0.3 is 5.97 Å². The van der Waals surface area contributed by atoms with Gasteiger partial charge in [0.05, 0.1) is 0 Å². The number of carbonyl (C=O) groups excluding carboxylic acids is 1. The number of hydrogen-bond donors (Lipinski definition) is 0. The molecule has 0 heterocycles. The second kappa shape index (κ2) is 7.26. The Bertz CT molecular complexity index is 543. The molecule has 0 N–H and O–H groups in total. The quantitative estimate of drug-likeness (QED) is 0.730. The van der Waals surface area contributed by atoms with Crippen molar-refractivity contribution in [2.45, 2.75) is 45.1 Å². The Hall–Kier alpha value is -2.09. The maximum absolute atomic E-state index is 12.0. The van der Waals surface area contributed by atoms with Crippen molar-refractivity contribution in [3.8, 4) is 0 Å². The minimum Gasteiger partial charge on any atom is -0.460 e. The van der Waals surface area contributed by atoms with E-state index in [2.05, 4.69) is 24.3 Å². The number of hydrogen-bond acceptors (Lipinski definition) is 2. The van der Waals surface area contributed by atoms with E-state index in [1.54, 1.807) is 0 Å². The number of ether oxygens (including phenoxy) is 1. The molecule has 2 nitrogen and oxygen atoms in total. The molecule has 0 aliphatic heterocycles. The summed E-state index contributed by atoms with van der Waals surface area (Å²) in [6, 6.07) is 20.7. The second-order valence-corrected chi connectivity index (χ2v) is 6.50. The molecular formula is C20H24O2. The molecule has 0 saturated carbocycles. The Morgan fingerprint density at radius 2 is 1.36 bits per heavy atom. The van der Waals surface area contributed by atoms with Crippen LogP contribution in [-0.4, -0.2) is 11.6 Å². The summed E-state index contributed by atoms with van der Waals surface area (Å²) in [6.45, 7) is 5.70. The van der Waals surface area contributed by atoms with Gasteiger partial charge in [-0.1, -0.05) is 60.7 Å². The number of carbonyl (C=O) groups is 1. The van der Waals surface area contributed by atoms with Crippen LogP contribution in [0, 0.1) is 0 Å². The highest BCUT2D eigenvalue weighted by Gasteiger charge is 2.19. The molecule has 116 valence electrons. The lowest BCUT2D eigenvalue weighted by molar-refractivity contribution is -0.154. The highest BCUT2D eigenvalue weighted by atomic mass is 16.6. The van der Waals surface area contributed by atoms with Crippen LogP contribution in [0.4, 0.5) is 0 Å². The van der Waals surface area contributed by atoms with Crippen LogP contribution in [-0.2, 0) is 9.53 Å². The summed E-state index contributed by atoms with van der Waals surface area (Å²) < 4.78 is 5.42. The van der Waals surface area contributed by atoms with Gasteiger partial charge in [0.1, 0.15) is 5.60 Å². The predicted octanol–water partition coefficient (Wildman–Crippen LogP) is 4.94. The Morgan fingerprint density at radius 1 is 0.909 bits per heavy atom. The molecule has 2 aromatic rings. The van der Waals surface area contributed by atoms with E-state index in [4.69, 9.17) is 4.74 Å². The highest BCUT2D eigenvalue weighted by Crippen LogP contribution is 2.29. The molecule has 0 unspecified atom stereocenters. The summed E-state index contributed by atoms with van der Waals surface area (Å²) in [7, 11) is 0. The van der Waals surface area contributed by atoms with Gasteiger partial charge in [0.2, 0.25) is 0 Å². The van der Waals surface area contributed by atoms with Gasteiger partial charge in [0.25, 0.3) is 0 Å². The first-order valence-corrected chi connectivity index (χ1v) is 7.77. The van der Waals surface area contributed by atoms with Gasteiger partial charge in [-0.05, 0) is 38.3 Å². The zero-order chi connectivity index (χ0) is 16.0. The van der Waals surface area contributed by atoms with E-state index in [0.29, 0.717) is 6.42 Å². The molecule has 22 heavy (non-hydrogen) atoms. The van der Waals surface area contributed by atoms with E-state index in [9.17, 15) is 4.79 Å². The summed E-state index contributed by atoms with van der Waals surface area (Å²) in [5.41, 5.74) is 2.04. The zero-order valence-electron chi connectivity index (χ0n) is 13.6. The molecule has 0 atom stereocenters. The SMILES string of the molecule is CC(C)(C)OC(=O)CCC(c1ccccc1)c1ccccc1. The van der Waals surface area contributed by atoms with Crippen LogP contribution < -0.4 is 0 Å². The van der Waals surface area contributed by atoms with E-state index in [1.165, 1.54) is 11.1 Å². The van der Waals surface area contributed by atoms with Gasteiger partial charge < -0.3 is 4.74 Å². The third kappa shape index (κ3) is 5.03. The molecular weight excluding hydrogens is 272 g/mol. The standard InChI is InChI=1S/C20H24O2/c1-20(2,3)22-19(21)15-14-18(16-10-6-4-7-11-16)17-12-8-5-9-13-17/h4-13,18H,14-15H2,1-3H3. The maximum Gasteiger partial charge on any atom is 0.306 e. The molecule has 0 bridgehead atoms. The normalized spacial score (nSPS) is 11.5. The molecule has 0 spiro atoms. The average Bonchev–Trinajstić information content (AvgIpc) is 2.48. The van der Waals surface area contributed by atoms with E-state index in [1.807, 2.05) is 57.2 Å². The molecule has 0 aliphatic carbocycles. The van der Waals surface area contributed by atoms with Crippen LogP contribution in [0.3, 0.4) is 0 Å². The van der Waals surface area contributed by atoms with Crippen LogP contribution in [0.1, 0.15) is 50.7 Å². The Morgan fingerprint density at radius 3 is 1.77 bits per heavy atom. The first-order valence-electron chi connectivity index (χ1n) is 7.77. The first kappa shape index (κ1) is 16.3. The average molecular weight is 296 g/mol. The smallest absolute Gasteiger partial charge is 0.306 e. The van der Waals surface area contributed by atoms with E-state index >= 15 is 0 Å². The van der Waals surface area contributed by atoms with Gasteiger partial charge in [-0.3, -0.25) is 4.79 Å². The lowest BCUT2D eigenvalue weighted by atomic mass is 9.87. The van der Waals surface area contributed by atoms with Crippen molar-refractivity contribution in [2.75, 3.05) is 0 Å². The van der Waals surface area contributed by atoms with Crippen molar-refractivity contribution >= 4 is 5.97 Å². The van der Waals surface area contributed by atoms with Gasteiger partial charge in [0, 0.05) is 12.3 Å². The van der Waals surface area contributed by atoms with Gasteiger partial charge in [0.15, 0.2) is 0 Å². The largest absolute Gasteiger partial charge is 0.460 e. The van der Waals surface area contributed by atoms with Crippen molar-refractivity contribution < 1.29 is 9.53 Å². The van der Waals surface area contributed by atoms with Gasteiger partial charge in [-0.25, -0.2) is 0 Å². The van der Waals surface area contributed by atoms with E-state index < -0.39 is 5.60 Å². The second-order valence-electron chi connectivity index (χ2n) is 6.50. The third-order valence-electron chi connectivity index (χ3n) is 3.46. The maximum atomic E-state index is 12.0. The lowest BCUT2D eigenvalue weighted by Gasteiger charge is -2.21. The molecule has 2 heteroatoms. The first-order chi connectivity index (χ1) is 10.5. The molecule has 2 rings (SSSR count). The number of benzene rings is 2. The number of rotatable bonds is 5. The Balaban J connectivity index is 2.11. The van der Waals surface area contributed by atoms with Crippen molar-refractivity contribution in [1.82, 2.24) is 0 Å². The molecule has 0 aromatic heterocycles. The molecule has 0 saturated heterocycles. The fourth-order valence-electron chi connectivity index (χ4n) is 2.55.